The normalized spacial score (nSPS) is 30.4. The smallest absolute Gasteiger partial charge is 0.253 e. The summed E-state index contributed by atoms with van der Waals surface area (Å²) < 4.78 is 0. The number of rotatable bonds is 9. The fourth-order valence-electron chi connectivity index (χ4n) is 6.01. The minimum absolute atomic E-state index is 0.107. The highest BCUT2D eigenvalue weighted by molar-refractivity contribution is 6.13. The molecular formula is C26H38N2O4. The van der Waals surface area contributed by atoms with Crippen LogP contribution in [0.2, 0.25) is 0 Å². The van der Waals surface area contributed by atoms with Gasteiger partial charge in [0.25, 0.3) is 11.8 Å². The summed E-state index contributed by atoms with van der Waals surface area (Å²) in [7, 11) is 0. The van der Waals surface area contributed by atoms with Crippen molar-refractivity contribution in [3.8, 4) is 0 Å². The van der Waals surface area contributed by atoms with Crippen LogP contribution < -0.4 is 0 Å². The number of unbranched alkanes of at least 4 members (excludes halogenated alkanes) is 4. The first-order chi connectivity index (χ1) is 15.1. The number of likely N-dealkylation sites (tertiary alicyclic amines) is 1. The van der Waals surface area contributed by atoms with E-state index in [1.165, 1.54) is 41.2 Å². The lowest BCUT2D eigenvalue weighted by atomic mass is 9.62. The van der Waals surface area contributed by atoms with Crippen molar-refractivity contribution in [2.24, 2.45) is 16.7 Å². The number of allylic oxidation sites excluding steroid dienone is 1. The average molecular weight is 443 g/mol. The molecule has 176 valence electrons. The molecule has 32 heavy (non-hydrogen) atoms. The van der Waals surface area contributed by atoms with Gasteiger partial charge >= 0.3 is 0 Å². The Balaban J connectivity index is 1.66. The molecule has 0 N–H and O–H groups in total. The number of carbonyl (C=O) groups excluding carboxylic acids is 4. The largest absolute Gasteiger partial charge is 0.282 e. The third-order valence-corrected chi connectivity index (χ3v) is 7.04. The Morgan fingerprint density at radius 2 is 1.69 bits per heavy atom. The van der Waals surface area contributed by atoms with Crippen LogP contribution in [0.1, 0.15) is 85.5 Å². The van der Waals surface area contributed by atoms with Crippen LogP contribution >= 0.6 is 0 Å². The zero-order chi connectivity index (χ0) is 23.5. The second-order valence-electron chi connectivity index (χ2n) is 11.0. The van der Waals surface area contributed by atoms with Crippen LogP contribution in [0.15, 0.2) is 24.3 Å². The van der Waals surface area contributed by atoms with Crippen LogP contribution in [0, 0.1) is 16.7 Å². The minimum Gasteiger partial charge on any atom is -0.282 e. The van der Waals surface area contributed by atoms with Gasteiger partial charge < -0.3 is 0 Å². The summed E-state index contributed by atoms with van der Waals surface area (Å²) in [5.41, 5.74) is -0.454. The molecule has 6 heteroatoms. The number of hydrogen-bond donors (Lipinski definition) is 0. The highest BCUT2D eigenvalue weighted by Crippen LogP contribution is 2.48. The highest BCUT2D eigenvalue weighted by Gasteiger charge is 2.49. The van der Waals surface area contributed by atoms with E-state index < -0.39 is 0 Å². The first kappa shape index (κ1) is 24.4. The van der Waals surface area contributed by atoms with E-state index in [9.17, 15) is 19.2 Å². The number of imide groups is 2. The van der Waals surface area contributed by atoms with E-state index in [4.69, 9.17) is 0 Å². The van der Waals surface area contributed by atoms with Gasteiger partial charge in [0.1, 0.15) is 0 Å². The molecule has 2 heterocycles. The molecule has 3 atom stereocenters. The lowest BCUT2D eigenvalue weighted by molar-refractivity contribution is -0.147. The standard InChI is InChI=1S/C26H38N2O4/c1-5-6-7-8-9-10-11-19-14-23(31)27(24(19)32)18-26(4)16-20(15-25(2,3)17-26)28-21(29)12-13-22(28)30/h10-13,19-20H,5-9,14-18H2,1-4H3/b11-10+. The van der Waals surface area contributed by atoms with Crippen molar-refractivity contribution in [2.45, 2.75) is 91.5 Å². The van der Waals surface area contributed by atoms with Gasteiger partial charge in [0.05, 0.1) is 5.92 Å². The molecule has 0 radical (unpaired) electrons. The second kappa shape index (κ2) is 9.72. The lowest BCUT2D eigenvalue weighted by Crippen LogP contribution is -2.52. The van der Waals surface area contributed by atoms with Gasteiger partial charge in [-0.25, -0.2) is 0 Å². The van der Waals surface area contributed by atoms with Gasteiger partial charge in [0.15, 0.2) is 0 Å². The van der Waals surface area contributed by atoms with Crippen LogP contribution in [-0.2, 0) is 19.2 Å². The maximum atomic E-state index is 13.0. The fraction of sp³-hybridized carbons (Fsp3) is 0.692. The van der Waals surface area contributed by atoms with Gasteiger partial charge in [-0.2, -0.15) is 0 Å². The lowest BCUT2D eigenvalue weighted by Gasteiger charge is -2.49. The Morgan fingerprint density at radius 1 is 1.00 bits per heavy atom. The van der Waals surface area contributed by atoms with Crippen molar-refractivity contribution < 1.29 is 19.2 Å². The average Bonchev–Trinajstić information content (AvgIpc) is 3.16. The van der Waals surface area contributed by atoms with Gasteiger partial charge in [-0.3, -0.25) is 29.0 Å². The first-order valence-corrected chi connectivity index (χ1v) is 12.1. The molecule has 0 aromatic rings. The molecule has 1 saturated heterocycles. The van der Waals surface area contributed by atoms with Crippen molar-refractivity contribution in [1.29, 1.82) is 0 Å². The van der Waals surface area contributed by atoms with Crippen molar-refractivity contribution in [3.05, 3.63) is 24.3 Å². The fourth-order valence-corrected chi connectivity index (χ4v) is 6.01. The molecule has 0 aromatic heterocycles. The monoisotopic (exact) mass is 442 g/mol. The van der Waals surface area contributed by atoms with E-state index in [0.717, 1.165) is 25.7 Å². The number of carbonyl (C=O) groups is 4. The van der Waals surface area contributed by atoms with E-state index in [0.29, 0.717) is 13.0 Å². The van der Waals surface area contributed by atoms with Crippen molar-refractivity contribution in [3.63, 3.8) is 0 Å². The maximum Gasteiger partial charge on any atom is 0.253 e. The van der Waals surface area contributed by atoms with E-state index in [1.54, 1.807) is 0 Å². The van der Waals surface area contributed by atoms with Crippen LogP contribution in [0.5, 0.6) is 0 Å². The topological polar surface area (TPSA) is 74.8 Å². The molecule has 3 aliphatic rings. The van der Waals surface area contributed by atoms with Gasteiger partial charge in [0.2, 0.25) is 11.8 Å². The van der Waals surface area contributed by atoms with Crippen molar-refractivity contribution in [2.75, 3.05) is 6.54 Å². The molecule has 0 spiro atoms. The molecule has 2 fully saturated rings. The Bertz CT molecular complexity index is 810. The van der Waals surface area contributed by atoms with Gasteiger partial charge in [-0.1, -0.05) is 59.1 Å². The number of amides is 4. The molecule has 6 nitrogen and oxygen atoms in total. The molecular weight excluding hydrogens is 404 g/mol. The Morgan fingerprint density at radius 3 is 2.34 bits per heavy atom. The summed E-state index contributed by atoms with van der Waals surface area (Å²) in [6.07, 6.45) is 14.7. The van der Waals surface area contributed by atoms with E-state index in [1.807, 2.05) is 12.2 Å². The highest BCUT2D eigenvalue weighted by atomic mass is 16.2. The summed E-state index contributed by atoms with van der Waals surface area (Å²) >= 11 is 0. The molecule has 3 unspecified atom stereocenters. The third kappa shape index (κ3) is 5.57. The van der Waals surface area contributed by atoms with Crippen LogP contribution in [0.3, 0.4) is 0 Å². The molecule has 0 bridgehead atoms. The molecule has 2 aliphatic heterocycles. The van der Waals surface area contributed by atoms with Gasteiger partial charge in [0, 0.05) is 31.2 Å². The van der Waals surface area contributed by atoms with Crippen LogP contribution in [0.4, 0.5) is 0 Å². The second-order valence-corrected chi connectivity index (χ2v) is 11.0. The predicted molar refractivity (Wildman–Crippen MR) is 123 cm³/mol. The van der Waals surface area contributed by atoms with E-state index >= 15 is 0 Å². The maximum absolute atomic E-state index is 13.0. The Kier molecular flexibility index (Phi) is 7.41. The van der Waals surface area contributed by atoms with Gasteiger partial charge in [-0.05, 0) is 42.9 Å². The zero-order valence-corrected chi connectivity index (χ0v) is 20.1. The molecule has 1 aliphatic carbocycles. The third-order valence-electron chi connectivity index (χ3n) is 7.04. The first-order valence-electron chi connectivity index (χ1n) is 12.1. The van der Waals surface area contributed by atoms with Crippen molar-refractivity contribution >= 4 is 23.6 Å². The molecule has 3 rings (SSSR count). The van der Waals surface area contributed by atoms with Gasteiger partial charge in [-0.15, -0.1) is 0 Å². The Hall–Kier alpha value is -2.24. The summed E-state index contributed by atoms with van der Waals surface area (Å²) in [6.45, 7) is 8.87. The van der Waals surface area contributed by atoms with Crippen LogP contribution in [0.25, 0.3) is 0 Å². The SMILES string of the molecule is CCCCCC/C=C/C1CC(=O)N(CC2(C)CC(N3C(=O)C=CC3=O)CC(C)(C)C2)C1=O. The van der Waals surface area contributed by atoms with E-state index in [-0.39, 0.29) is 52.8 Å². The Labute approximate surface area is 192 Å². The molecule has 4 amide bonds. The molecule has 0 aromatic carbocycles. The quantitative estimate of drug-likeness (QED) is 0.301. The zero-order valence-electron chi connectivity index (χ0n) is 20.1. The summed E-state index contributed by atoms with van der Waals surface area (Å²) in [5.74, 6) is -1.13. The van der Waals surface area contributed by atoms with E-state index in [2.05, 4.69) is 27.7 Å². The van der Waals surface area contributed by atoms with Crippen LogP contribution in [-0.4, -0.2) is 46.0 Å². The van der Waals surface area contributed by atoms with Crippen molar-refractivity contribution in [1.82, 2.24) is 9.80 Å². The summed E-state index contributed by atoms with van der Waals surface area (Å²) in [4.78, 5) is 53.1. The number of hydrogen-bond acceptors (Lipinski definition) is 4. The summed E-state index contributed by atoms with van der Waals surface area (Å²) in [6, 6.07) is -0.217. The molecule has 1 saturated carbocycles. The minimum atomic E-state index is -0.365. The number of nitrogens with zero attached hydrogens (tertiary/aromatic N) is 2. The summed E-state index contributed by atoms with van der Waals surface area (Å²) in [5, 5.41) is 0. The predicted octanol–water partition coefficient (Wildman–Crippen LogP) is 4.40.